The van der Waals surface area contributed by atoms with Gasteiger partial charge in [0.1, 0.15) is 5.75 Å². The standard InChI is InChI=1S/C22H24N2O3/c1-2-13-3-4-14-10-16(11-15(14)9-13)23-12-20(26)17-5-7-19(25)22-18(17)6-8-21(27)24-22/h3-9,16,20,23,25-26H,2,10-12H2,1H3,(H,24,27)/t16?,20-/m0/s1. The van der Waals surface area contributed by atoms with Crippen molar-refractivity contribution in [1.82, 2.24) is 10.3 Å². The number of benzene rings is 2. The van der Waals surface area contributed by atoms with Gasteiger partial charge in [0.15, 0.2) is 0 Å². The Morgan fingerprint density at radius 2 is 1.96 bits per heavy atom. The van der Waals surface area contributed by atoms with Gasteiger partial charge < -0.3 is 20.5 Å². The third kappa shape index (κ3) is 3.48. The van der Waals surface area contributed by atoms with Crippen molar-refractivity contribution in [3.8, 4) is 5.75 Å². The predicted octanol–water partition coefficient (Wildman–Crippen LogP) is 2.59. The van der Waals surface area contributed by atoms with Crippen molar-refractivity contribution in [2.24, 2.45) is 0 Å². The zero-order valence-corrected chi connectivity index (χ0v) is 15.3. The van der Waals surface area contributed by atoms with Crippen LogP contribution >= 0.6 is 0 Å². The number of nitrogens with one attached hydrogen (secondary N) is 2. The fourth-order valence-corrected chi connectivity index (χ4v) is 3.97. The molecule has 0 saturated heterocycles. The van der Waals surface area contributed by atoms with Crippen molar-refractivity contribution >= 4 is 10.9 Å². The van der Waals surface area contributed by atoms with Crippen LogP contribution in [0.5, 0.6) is 5.75 Å². The Kier molecular flexibility index (Phi) is 4.72. The number of aromatic nitrogens is 1. The number of hydrogen-bond acceptors (Lipinski definition) is 4. The normalized spacial score (nSPS) is 17.2. The second-order valence-electron chi connectivity index (χ2n) is 7.27. The summed E-state index contributed by atoms with van der Waals surface area (Å²) in [4.78, 5) is 14.2. The molecule has 140 valence electrons. The van der Waals surface area contributed by atoms with E-state index < -0.39 is 6.10 Å². The van der Waals surface area contributed by atoms with E-state index in [2.05, 4.69) is 35.4 Å². The fraction of sp³-hybridized carbons (Fsp3) is 0.318. The van der Waals surface area contributed by atoms with Crippen molar-refractivity contribution in [2.75, 3.05) is 6.54 Å². The van der Waals surface area contributed by atoms with E-state index in [0.717, 1.165) is 19.3 Å². The highest BCUT2D eigenvalue weighted by molar-refractivity contribution is 5.87. The highest BCUT2D eigenvalue weighted by Gasteiger charge is 2.22. The summed E-state index contributed by atoms with van der Waals surface area (Å²) >= 11 is 0. The van der Waals surface area contributed by atoms with Crippen LogP contribution in [0.2, 0.25) is 0 Å². The van der Waals surface area contributed by atoms with Crippen molar-refractivity contribution < 1.29 is 10.2 Å². The second kappa shape index (κ2) is 7.18. The summed E-state index contributed by atoms with van der Waals surface area (Å²) in [5.74, 6) is 0.00424. The molecule has 5 heteroatoms. The minimum atomic E-state index is -0.728. The molecule has 2 aromatic carbocycles. The Hall–Kier alpha value is -2.63. The van der Waals surface area contributed by atoms with Crippen LogP contribution in [-0.2, 0) is 19.3 Å². The van der Waals surface area contributed by atoms with Gasteiger partial charge in [-0.15, -0.1) is 0 Å². The molecule has 0 spiro atoms. The maximum absolute atomic E-state index is 11.5. The summed E-state index contributed by atoms with van der Waals surface area (Å²) in [6.45, 7) is 2.58. The van der Waals surface area contributed by atoms with Crippen LogP contribution in [0.25, 0.3) is 10.9 Å². The third-order valence-electron chi connectivity index (χ3n) is 5.48. The topological polar surface area (TPSA) is 85.3 Å². The first-order chi connectivity index (χ1) is 13.0. The van der Waals surface area contributed by atoms with Gasteiger partial charge >= 0.3 is 0 Å². The highest BCUT2D eigenvalue weighted by atomic mass is 16.3. The largest absolute Gasteiger partial charge is 0.506 e. The van der Waals surface area contributed by atoms with E-state index in [0.29, 0.717) is 29.1 Å². The zero-order chi connectivity index (χ0) is 19.0. The quantitative estimate of drug-likeness (QED) is 0.561. The molecule has 1 aliphatic rings. The molecule has 4 N–H and O–H groups in total. The van der Waals surface area contributed by atoms with E-state index in [4.69, 9.17) is 0 Å². The third-order valence-corrected chi connectivity index (χ3v) is 5.48. The minimum Gasteiger partial charge on any atom is -0.506 e. The first kappa shape index (κ1) is 17.8. The van der Waals surface area contributed by atoms with E-state index in [1.165, 1.54) is 28.8 Å². The summed E-state index contributed by atoms with van der Waals surface area (Å²) in [6.07, 6.45) is 2.25. The molecule has 5 nitrogen and oxygen atoms in total. The number of aryl methyl sites for hydroxylation is 1. The van der Waals surface area contributed by atoms with E-state index >= 15 is 0 Å². The smallest absolute Gasteiger partial charge is 0.248 e. The monoisotopic (exact) mass is 364 g/mol. The summed E-state index contributed by atoms with van der Waals surface area (Å²) in [6, 6.07) is 13.3. The Balaban J connectivity index is 1.48. The number of pyridine rings is 1. The van der Waals surface area contributed by atoms with Crippen LogP contribution in [0.3, 0.4) is 0 Å². The molecular formula is C22H24N2O3. The number of phenols is 1. The molecule has 27 heavy (non-hydrogen) atoms. The lowest BCUT2D eigenvalue weighted by atomic mass is 10.0. The van der Waals surface area contributed by atoms with Crippen LogP contribution < -0.4 is 10.9 Å². The number of H-pyrrole nitrogens is 1. The summed E-state index contributed by atoms with van der Waals surface area (Å²) in [5.41, 5.74) is 4.91. The van der Waals surface area contributed by atoms with Gasteiger partial charge in [0.05, 0.1) is 11.6 Å². The van der Waals surface area contributed by atoms with Crippen LogP contribution in [-0.4, -0.2) is 27.8 Å². The minimum absolute atomic E-state index is 0.00424. The van der Waals surface area contributed by atoms with Crippen LogP contribution in [0, 0.1) is 0 Å². The number of aliphatic hydroxyl groups is 1. The molecule has 1 aromatic heterocycles. The van der Waals surface area contributed by atoms with Crippen molar-refractivity contribution in [3.63, 3.8) is 0 Å². The molecule has 1 unspecified atom stereocenters. The van der Waals surface area contributed by atoms with Crippen molar-refractivity contribution in [3.05, 3.63) is 75.1 Å². The van der Waals surface area contributed by atoms with Crippen molar-refractivity contribution in [1.29, 1.82) is 0 Å². The Bertz CT molecular complexity index is 1040. The average Bonchev–Trinajstić information content (AvgIpc) is 3.08. The van der Waals surface area contributed by atoms with Gasteiger partial charge in [-0.25, -0.2) is 0 Å². The molecule has 4 rings (SSSR count). The van der Waals surface area contributed by atoms with E-state index in [1.54, 1.807) is 12.1 Å². The van der Waals surface area contributed by atoms with Gasteiger partial charge in [-0.2, -0.15) is 0 Å². The molecule has 0 bridgehead atoms. The number of aromatic hydroxyl groups is 1. The first-order valence-corrected chi connectivity index (χ1v) is 9.42. The number of rotatable bonds is 5. The highest BCUT2D eigenvalue weighted by Crippen LogP contribution is 2.29. The van der Waals surface area contributed by atoms with Crippen molar-refractivity contribution in [2.45, 2.75) is 38.3 Å². The van der Waals surface area contributed by atoms with Gasteiger partial charge in [0.2, 0.25) is 5.56 Å². The van der Waals surface area contributed by atoms with Gasteiger partial charge in [-0.1, -0.05) is 31.2 Å². The number of aliphatic hydroxyl groups excluding tert-OH is 1. The van der Waals surface area contributed by atoms with Crippen LogP contribution in [0.15, 0.2) is 47.3 Å². The zero-order valence-electron chi connectivity index (χ0n) is 15.3. The number of phenolic OH excluding ortho intramolecular Hbond substituents is 1. The maximum atomic E-state index is 11.5. The van der Waals surface area contributed by atoms with Gasteiger partial charge in [-0.3, -0.25) is 4.79 Å². The second-order valence-corrected chi connectivity index (χ2v) is 7.27. The molecular weight excluding hydrogens is 340 g/mol. The van der Waals surface area contributed by atoms with E-state index in [-0.39, 0.29) is 11.3 Å². The van der Waals surface area contributed by atoms with Gasteiger partial charge in [0, 0.05) is 24.0 Å². The molecule has 0 fully saturated rings. The Morgan fingerprint density at radius 1 is 1.15 bits per heavy atom. The molecule has 0 saturated carbocycles. The predicted molar refractivity (Wildman–Crippen MR) is 106 cm³/mol. The van der Waals surface area contributed by atoms with Crippen LogP contribution in [0.1, 0.15) is 35.3 Å². The first-order valence-electron chi connectivity index (χ1n) is 9.42. The molecule has 0 amide bonds. The summed E-state index contributed by atoms with van der Waals surface area (Å²) < 4.78 is 0. The number of fused-ring (bicyclic) bond motifs is 2. The molecule has 2 atom stereocenters. The van der Waals surface area contributed by atoms with Gasteiger partial charge in [-0.05, 0) is 53.6 Å². The SMILES string of the molecule is CCc1ccc2c(c1)CC(NC[C@H](O)c1ccc(O)c3[nH]c(=O)ccc13)C2. The lowest BCUT2D eigenvalue weighted by Gasteiger charge is -2.18. The van der Waals surface area contributed by atoms with E-state index in [1.807, 2.05) is 0 Å². The van der Waals surface area contributed by atoms with Gasteiger partial charge in [0.25, 0.3) is 0 Å². The molecule has 0 radical (unpaired) electrons. The lowest BCUT2D eigenvalue weighted by molar-refractivity contribution is 0.171. The molecule has 1 aliphatic carbocycles. The summed E-state index contributed by atoms with van der Waals surface area (Å²) in [7, 11) is 0. The molecule has 3 aromatic rings. The lowest BCUT2D eigenvalue weighted by Crippen LogP contribution is -2.33. The number of aromatic amines is 1. The van der Waals surface area contributed by atoms with Crippen LogP contribution in [0.4, 0.5) is 0 Å². The fourth-order valence-electron chi connectivity index (χ4n) is 3.97. The average molecular weight is 364 g/mol. The molecule has 0 aliphatic heterocycles. The number of hydrogen-bond donors (Lipinski definition) is 4. The summed E-state index contributed by atoms with van der Waals surface area (Å²) in [5, 5.41) is 24.8. The Morgan fingerprint density at radius 3 is 2.78 bits per heavy atom. The Labute approximate surface area is 157 Å². The van der Waals surface area contributed by atoms with E-state index in [9.17, 15) is 15.0 Å². The maximum Gasteiger partial charge on any atom is 0.248 e. The molecule has 1 heterocycles.